The third kappa shape index (κ3) is 5.19. The fourth-order valence-electron chi connectivity index (χ4n) is 2.82. The molecule has 0 aliphatic heterocycles. The van der Waals surface area contributed by atoms with Gasteiger partial charge in [0.05, 0.1) is 13.2 Å². The molecule has 1 heterocycles. The maximum Gasteiger partial charge on any atom is 0.357 e. The Kier molecular flexibility index (Phi) is 7.02. The topological polar surface area (TPSA) is 71.5 Å². The molecule has 2 rings (SSSR count). The highest BCUT2D eigenvalue weighted by molar-refractivity contribution is 7.09. The van der Waals surface area contributed by atoms with Crippen molar-refractivity contribution < 1.29 is 14.3 Å². The van der Waals surface area contributed by atoms with Crippen molar-refractivity contribution in [1.82, 2.24) is 15.2 Å². The smallest absolute Gasteiger partial charge is 0.357 e. The highest BCUT2D eigenvalue weighted by Gasteiger charge is 2.23. The van der Waals surface area contributed by atoms with Gasteiger partial charge in [0, 0.05) is 17.5 Å². The van der Waals surface area contributed by atoms with Gasteiger partial charge in [0.2, 0.25) is 0 Å². The second-order valence-corrected chi connectivity index (χ2v) is 7.30. The molecule has 134 valence electrons. The molecule has 2 amide bonds. The van der Waals surface area contributed by atoms with Gasteiger partial charge in [-0.25, -0.2) is 14.6 Å². The summed E-state index contributed by atoms with van der Waals surface area (Å²) in [6, 6.07) is 0.284. The summed E-state index contributed by atoms with van der Waals surface area (Å²) in [4.78, 5) is 30.4. The number of amides is 2. The molecule has 1 aromatic rings. The molecule has 1 aromatic heterocycles. The van der Waals surface area contributed by atoms with Gasteiger partial charge in [-0.15, -0.1) is 11.3 Å². The number of aromatic nitrogens is 1. The van der Waals surface area contributed by atoms with Crippen LogP contribution in [0, 0.1) is 0 Å². The first-order chi connectivity index (χ1) is 11.5. The summed E-state index contributed by atoms with van der Waals surface area (Å²) in [5, 5.41) is 5.57. The van der Waals surface area contributed by atoms with Gasteiger partial charge >= 0.3 is 12.0 Å². The van der Waals surface area contributed by atoms with Gasteiger partial charge in [-0.1, -0.05) is 19.3 Å². The Morgan fingerprint density at radius 2 is 2.08 bits per heavy atom. The molecule has 1 N–H and O–H groups in total. The largest absolute Gasteiger partial charge is 0.461 e. The minimum atomic E-state index is -0.414. The van der Waals surface area contributed by atoms with Crippen molar-refractivity contribution >= 4 is 23.3 Å². The number of esters is 1. The predicted molar refractivity (Wildman–Crippen MR) is 94.2 cm³/mol. The molecule has 1 fully saturated rings. The van der Waals surface area contributed by atoms with E-state index in [0.717, 1.165) is 17.8 Å². The molecule has 0 atom stereocenters. The van der Waals surface area contributed by atoms with E-state index in [0.29, 0.717) is 18.8 Å². The van der Waals surface area contributed by atoms with Gasteiger partial charge in [-0.3, -0.25) is 0 Å². The third-order valence-corrected chi connectivity index (χ3v) is 4.99. The number of ether oxygens (including phenoxy) is 1. The van der Waals surface area contributed by atoms with Crippen molar-refractivity contribution in [1.29, 1.82) is 0 Å². The average Bonchev–Trinajstić information content (AvgIpc) is 3.02. The Morgan fingerprint density at radius 3 is 2.71 bits per heavy atom. The summed E-state index contributed by atoms with van der Waals surface area (Å²) in [5.74, 6) is -0.414. The number of hydrogen-bond acceptors (Lipinski definition) is 5. The van der Waals surface area contributed by atoms with E-state index in [9.17, 15) is 9.59 Å². The summed E-state index contributed by atoms with van der Waals surface area (Å²) < 4.78 is 4.95. The van der Waals surface area contributed by atoms with Crippen molar-refractivity contribution in [3.63, 3.8) is 0 Å². The first-order valence-electron chi connectivity index (χ1n) is 8.70. The van der Waals surface area contributed by atoms with Crippen LogP contribution in [-0.2, 0) is 11.3 Å². The van der Waals surface area contributed by atoms with Gasteiger partial charge in [0.25, 0.3) is 0 Å². The van der Waals surface area contributed by atoms with Crippen LogP contribution in [0.1, 0.15) is 68.4 Å². The summed E-state index contributed by atoms with van der Waals surface area (Å²) in [6.07, 6.45) is 5.74. The van der Waals surface area contributed by atoms with E-state index >= 15 is 0 Å². The van der Waals surface area contributed by atoms with E-state index in [4.69, 9.17) is 4.74 Å². The Labute approximate surface area is 147 Å². The second kappa shape index (κ2) is 9.01. The molecule has 6 nitrogen and oxygen atoms in total. The van der Waals surface area contributed by atoms with Crippen molar-refractivity contribution in [3.05, 3.63) is 16.1 Å². The van der Waals surface area contributed by atoms with Crippen molar-refractivity contribution in [3.8, 4) is 0 Å². The maximum absolute atomic E-state index is 12.6. The lowest BCUT2D eigenvalue weighted by molar-refractivity contribution is 0.0520. The number of urea groups is 1. The molecule has 7 heteroatoms. The lowest BCUT2D eigenvalue weighted by Gasteiger charge is -2.30. The highest BCUT2D eigenvalue weighted by atomic mass is 32.1. The molecule has 0 bridgehead atoms. The predicted octanol–water partition coefficient (Wildman–Crippen LogP) is 3.57. The van der Waals surface area contributed by atoms with Gasteiger partial charge in [-0.2, -0.15) is 0 Å². The van der Waals surface area contributed by atoms with Gasteiger partial charge < -0.3 is 15.0 Å². The lowest BCUT2D eigenvalue weighted by Crippen LogP contribution is -2.47. The van der Waals surface area contributed by atoms with E-state index < -0.39 is 5.97 Å². The van der Waals surface area contributed by atoms with Gasteiger partial charge in [0.1, 0.15) is 5.01 Å². The fraction of sp³-hybridized carbons (Fsp3) is 0.706. The lowest BCUT2D eigenvalue weighted by atomic mass is 9.96. The Hall–Kier alpha value is -1.63. The Bertz CT molecular complexity index is 553. The normalized spacial score (nSPS) is 15.3. The number of thiazole rings is 1. The molecule has 0 saturated heterocycles. The van der Waals surface area contributed by atoms with Crippen LogP contribution < -0.4 is 5.32 Å². The van der Waals surface area contributed by atoms with E-state index in [2.05, 4.69) is 10.3 Å². The van der Waals surface area contributed by atoms with E-state index in [-0.39, 0.29) is 18.1 Å². The second-order valence-electron chi connectivity index (χ2n) is 6.35. The molecular formula is C17H27N3O3S. The van der Waals surface area contributed by atoms with Crippen molar-refractivity contribution in [2.24, 2.45) is 0 Å². The van der Waals surface area contributed by atoms with E-state index in [1.807, 2.05) is 13.8 Å². The molecule has 0 aromatic carbocycles. The SMILES string of the molecule is CCOC(=O)c1csc(CN(C(=O)NC2CCCCC2)C(C)C)n1. The standard InChI is InChI=1S/C17H27N3O3S/c1-4-23-16(21)14-11-24-15(19-14)10-20(12(2)3)17(22)18-13-8-6-5-7-9-13/h11-13H,4-10H2,1-3H3,(H,18,22). The highest BCUT2D eigenvalue weighted by Crippen LogP contribution is 2.19. The van der Waals surface area contributed by atoms with Crippen molar-refractivity contribution in [2.45, 2.75) is 71.5 Å². The number of carbonyl (C=O) groups excluding carboxylic acids is 2. The monoisotopic (exact) mass is 353 g/mol. The summed E-state index contributed by atoms with van der Waals surface area (Å²) in [5.41, 5.74) is 0.313. The molecule has 1 aliphatic carbocycles. The van der Waals surface area contributed by atoms with Gasteiger partial charge in [0.15, 0.2) is 5.69 Å². The van der Waals surface area contributed by atoms with Crippen LogP contribution >= 0.6 is 11.3 Å². The minimum Gasteiger partial charge on any atom is -0.461 e. The van der Waals surface area contributed by atoms with Crippen LogP contribution in [0.25, 0.3) is 0 Å². The van der Waals surface area contributed by atoms with Gasteiger partial charge in [-0.05, 0) is 33.6 Å². The number of nitrogens with one attached hydrogen (secondary N) is 1. The zero-order valence-electron chi connectivity index (χ0n) is 14.7. The molecule has 1 aliphatic rings. The quantitative estimate of drug-likeness (QED) is 0.794. The fourth-order valence-corrected chi connectivity index (χ4v) is 3.58. The molecule has 1 saturated carbocycles. The van der Waals surface area contributed by atoms with E-state index in [1.54, 1.807) is 17.2 Å². The number of nitrogens with zero attached hydrogens (tertiary/aromatic N) is 2. The van der Waals surface area contributed by atoms with Crippen molar-refractivity contribution in [2.75, 3.05) is 6.61 Å². The molecular weight excluding hydrogens is 326 g/mol. The zero-order chi connectivity index (χ0) is 17.5. The molecule has 24 heavy (non-hydrogen) atoms. The van der Waals surface area contributed by atoms with Crippen LogP contribution in [0.5, 0.6) is 0 Å². The average molecular weight is 353 g/mol. The third-order valence-electron chi connectivity index (χ3n) is 4.16. The van der Waals surface area contributed by atoms with Crippen LogP contribution in [0.2, 0.25) is 0 Å². The Morgan fingerprint density at radius 1 is 1.38 bits per heavy atom. The number of carbonyl (C=O) groups is 2. The molecule has 0 spiro atoms. The summed E-state index contributed by atoms with van der Waals surface area (Å²) in [7, 11) is 0. The first kappa shape index (κ1) is 18.7. The first-order valence-corrected chi connectivity index (χ1v) is 9.57. The van der Waals surface area contributed by atoms with Crippen LogP contribution in [-0.4, -0.2) is 40.6 Å². The number of hydrogen-bond donors (Lipinski definition) is 1. The zero-order valence-corrected chi connectivity index (χ0v) is 15.5. The molecule has 0 radical (unpaired) electrons. The number of rotatable bonds is 6. The van der Waals surface area contributed by atoms with E-state index in [1.165, 1.54) is 30.6 Å². The Balaban J connectivity index is 1.97. The van der Waals surface area contributed by atoms with Crippen LogP contribution in [0.4, 0.5) is 4.79 Å². The van der Waals surface area contributed by atoms with Crippen LogP contribution in [0.15, 0.2) is 5.38 Å². The summed E-state index contributed by atoms with van der Waals surface area (Å²) >= 11 is 1.38. The minimum absolute atomic E-state index is 0.0511. The summed E-state index contributed by atoms with van der Waals surface area (Å²) in [6.45, 7) is 6.47. The molecule has 0 unspecified atom stereocenters. The van der Waals surface area contributed by atoms with Crippen LogP contribution in [0.3, 0.4) is 0 Å². The maximum atomic E-state index is 12.6.